The molecule has 150 valence electrons. The summed E-state index contributed by atoms with van der Waals surface area (Å²) in [6.45, 7) is 2.06. The van der Waals surface area contributed by atoms with Gasteiger partial charge in [-0.2, -0.15) is 5.10 Å². The molecule has 1 fully saturated rings. The van der Waals surface area contributed by atoms with Gasteiger partial charge in [-0.25, -0.2) is 4.79 Å². The maximum absolute atomic E-state index is 12.3. The fourth-order valence-corrected chi connectivity index (χ4v) is 3.35. The van der Waals surface area contributed by atoms with Crippen LogP contribution in [0.15, 0.2) is 60.9 Å². The normalized spacial score (nSPS) is 16.5. The third-order valence-corrected chi connectivity index (χ3v) is 4.90. The highest BCUT2D eigenvalue weighted by Crippen LogP contribution is 2.32. The van der Waals surface area contributed by atoms with Crippen LogP contribution < -0.4 is 10.1 Å². The predicted octanol–water partition coefficient (Wildman–Crippen LogP) is 3.91. The zero-order valence-corrected chi connectivity index (χ0v) is 16.3. The molecule has 0 radical (unpaired) electrons. The minimum atomic E-state index is -0.515. The van der Waals surface area contributed by atoms with Crippen molar-refractivity contribution in [2.24, 2.45) is 0 Å². The average Bonchev–Trinajstić information content (AvgIpc) is 3.41. The molecule has 1 aliphatic heterocycles. The fourth-order valence-electron chi connectivity index (χ4n) is 3.35. The molecule has 29 heavy (non-hydrogen) atoms. The Hall–Kier alpha value is -3.32. The molecular formula is C22H24N4O3. The van der Waals surface area contributed by atoms with Crippen LogP contribution in [0.3, 0.4) is 0 Å². The number of likely N-dealkylation sites (tertiary alicyclic amines) is 1. The van der Waals surface area contributed by atoms with Crippen molar-refractivity contribution in [1.29, 1.82) is 0 Å². The first-order valence-electron chi connectivity index (χ1n) is 9.63. The first kappa shape index (κ1) is 19.0. The largest absolute Gasteiger partial charge is 0.487 e. The number of aromatic nitrogens is 2. The van der Waals surface area contributed by atoms with Gasteiger partial charge in [0.15, 0.2) is 0 Å². The zero-order chi connectivity index (χ0) is 20.1. The SMILES string of the molecule is CN1CCC(Oc2cc(-c3cn[nH]c3)ccc2NC(=O)OCc2ccccc2)C1. The Morgan fingerprint density at radius 3 is 2.83 bits per heavy atom. The van der Waals surface area contributed by atoms with Gasteiger partial charge < -0.3 is 14.4 Å². The van der Waals surface area contributed by atoms with Gasteiger partial charge in [0.25, 0.3) is 0 Å². The van der Waals surface area contributed by atoms with Crippen LogP contribution in [0.5, 0.6) is 5.75 Å². The zero-order valence-electron chi connectivity index (χ0n) is 16.3. The summed E-state index contributed by atoms with van der Waals surface area (Å²) in [5.74, 6) is 0.626. The van der Waals surface area contributed by atoms with Gasteiger partial charge in [0.2, 0.25) is 0 Å². The van der Waals surface area contributed by atoms with Crippen molar-refractivity contribution in [2.45, 2.75) is 19.1 Å². The number of aromatic amines is 1. The lowest BCUT2D eigenvalue weighted by Gasteiger charge is -2.18. The molecule has 2 aromatic carbocycles. The van der Waals surface area contributed by atoms with Crippen LogP contribution in [0, 0.1) is 0 Å². The Morgan fingerprint density at radius 1 is 1.24 bits per heavy atom. The summed E-state index contributed by atoms with van der Waals surface area (Å²) in [5.41, 5.74) is 3.44. The van der Waals surface area contributed by atoms with E-state index in [1.54, 1.807) is 6.20 Å². The quantitative estimate of drug-likeness (QED) is 0.665. The van der Waals surface area contributed by atoms with Crippen molar-refractivity contribution >= 4 is 11.8 Å². The second-order valence-electron chi connectivity index (χ2n) is 7.18. The van der Waals surface area contributed by atoms with Crippen LogP contribution in [0.4, 0.5) is 10.5 Å². The summed E-state index contributed by atoms with van der Waals surface area (Å²) in [4.78, 5) is 14.6. The molecular weight excluding hydrogens is 368 g/mol. The van der Waals surface area contributed by atoms with Crippen molar-refractivity contribution in [1.82, 2.24) is 15.1 Å². The number of hydrogen-bond donors (Lipinski definition) is 2. The molecule has 1 atom stereocenters. The van der Waals surface area contributed by atoms with Gasteiger partial charge in [-0.05, 0) is 36.7 Å². The van der Waals surface area contributed by atoms with Crippen molar-refractivity contribution < 1.29 is 14.3 Å². The highest BCUT2D eigenvalue weighted by molar-refractivity contribution is 5.87. The Kier molecular flexibility index (Phi) is 5.76. The summed E-state index contributed by atoms with van der Waals surface area (Å²) in [5, 5.41) is 9.64. The smallest absolute Gasteiger partial charge is 0.412 e. The number of likely N-dealkylation sites (N-methyl/N-ethyl adjacent to an activating group) is 1. The number of nitrogens with zero attached hydrogens (tertiary/aromatic N) is 2. The number of nitrogens with one attached hydrogen (secondary N) is 2. The van der Waals surface area contributed by atoms with Crippen molar-refractivity contribution in [3.63, 3.8) is 0 Å². The molecule has 1 unspecified atom stereocenters. The Balaban J connectivity index is 1.49. The average molecular weight is 392 g/mol. The lowest BCUT2D eigenvalue weighted by molar-refractivity contribution is 0.154. The van der Waals surface area contributed by atoms with E-state index in [9.17, 15) is 4.79 Å². The van der Waals surface area contributed by atoms with Crippen LogP contribution in [-0.4, -0.2) is 47.4 Å². The molecule has 1 aliphatic rings. The standard InChI is InChI=1S/C22H24N4O3/c1-26-10-9-19(14-26)29-21-11-17(18-12-23-24-13-18)7-8-20(21)25-22(27)28-15-16-5-3-2-4-6-16/h2-8,11-13,19H,9-10,14-15H2,1H3,(H,23,24)(H,25,27). The number of benzene rings is 2. The summed E-state index contributed by atoms with van der Waals surface area (Å²) >= 11 is 0. The number of hydrogen-bond acceptors (Lipinski definition) is 5. The Bertz CT molecular complexity index is 944. The first-order chi connectivity index (χ1) is 14.2. The minimum absolute atomic E-state index is 0.0838. The highest BCUT2D eigenvalue weighted by atomic mass is 16.5. The van der Waals surface area contributed by atoms with Crippen molar-refractivity contribution in [2.75, 3.05) is 25.5 Å². The topological polar surface area (TPSA) is 79.5 Å². The summed E-state index contributed by atoms with van der Waals surface area (Å²) in [7, 11) is 2.07. The van der Waals surface area contributed by atoms with Gasteiger partial charge in [0.05, 0.1) is 11.9 Å². The molecule has 4 rings (SSSR count). The van der Waals surface area contributed by atoms with Gasteiger partial charge >= 0.3 is 6.09 Å². The molecule has 0 aliphatic carbocycles. The van der Waals surface area contributed by atoms with Gasteiger partial charge in [0.1, 0.15) is 18.5 Å². The number of ether oxygens (including phenoxy) is 2. The molecule has 1 aromatic heterocycles. The highest BCUT2D eigenvalue weighted by Gasteiger charge is 2.23. The van der Waals surface area contributed by atoms with Crippen molar-refractivity contribution in [3.05, 3.63) is 66.5 Å². The maximum Gasteiger partial charge on any atom is 0.412 e. The van der Waals surface area contributed by atoms with Gasteiger partial charge in [-0.1, -0.05) is 36.4 Å². The molecule has 1 saturated heterocycles. The van der Waals surface area contributed by atoms with E-state index in [0.717, 1.165) is 36.2 Å². The van der Waals surface area contributed by atoms with Gasteiger partial charge in [0, 0.05) is 24.8 Å². The number of rotatable bonds is 6. The molecule has 0 spiro atoms. The number of anilines is 1. The van der Waals surface area contributed by atoms with Gasteiger partial charge in [-0.15, -0.1) is 0 Å². The van der Waals surface area contributed by atoms with E-state index in [0.29, 0.717) is 11.4 Å². The molecule has 7 heteroatoms. The fraction of sp³-hybridized carbons (Fsp3) is 0.273. The third kappa shape index (κ3) is 4.94. The molecule has 7 nitrogen and oxygen atoms in total. The number of carbonyl (C=O) groups is 1. The van der Waals surface area contributed by atoms with E-state index in [1.165, 1.54) is 0 Å². The second kappa shape index (κ2) is 8.79. The Labute approximate surface area is 169 Å². The third-order valence-electron chi connectivity index (χ3n) is 4.90. The van der Waals surface area contributed by atoms with Crippen LogP contribution in [0.1, 0.15) is 12.0 Å². The maximum atomic E-state index is 12.3. The number of amides is 1. The Morgan fingerprint density at radius 2 is 2.10 bits per heavy atom. The number of H-pyrrole nitrogens is 1. The van der Waals surface area contributed by atoms with Crippen LogP contribution in [0.2, 0.25) is 0 Å². The summed E-state index contributed by atoms with van der Waals surface area (Å²) < 4.78 is 11.6. The van der Waals surface area contributed by atoms with Crippen LogP contribution in [-0.2, 0) is 11.3 Å². The lowest BCUT2D eigenvalue weighted by Crippen LogP contribution is -2.22. The minimum Gasteiger partial charge on any atom is -0.487 e. The van der Waals surface area contributed by atoms with E-state index in [1.807, 2.05) is 54.7 Å². The van der Waals surface area contributed by atoms with Crippen LogP contribution >= 0.6 is 0 Å². The molecule has 0 saturated carbocycles. The lowest BCUT2D eigenvalue weighted by atomic mass is 10.1. The van der Waals surface area contributed by atoms with E-state index in [4.69, 9.17) is 9.47 Å². The molecule has 1 amide bonds. The van der Waals surface area contributed by atoms with Gasteiger partial charge in [-0.3, -0.25) is 10.4 Å². The summed E-state index contributed by atoms with van der Waals surface area (Å²) in [6.07, 6.45) is 4.09. The summed E-state index contributed by atoms with van der Waals surface area (Å²) in [6, 6.07) is 15.3. The number of carbonyl (C=O) groups excluding carboxylic acids is 1. The molecule has 3 aromatic rings. The predicted molar refractivity (Wildman–Crippen MR) is 111 cm³/mol. The van der Waals surface area contributed by atoms with E-state index in [-0.39, 0.29) is 12.7 Å². The van der Waals surface area contributed by atoms with Crippen molar-refractivity contribution in [3.8, 4) is 16.9 Å². The molecule has 2 N–H and O–H groups in total. The van der Waals surface area contributed by atoms with Crippen LogP contribution in [0.25, 0.3) is 11.1 Å². The monoisotopic (exact) mass is 392 g/mol. The second-order valence-corrected chi connectivity index (χ2v) is 7.18. The van der Waals surface area contributed by atoms with E-state index in [2.05, 4.69) is 27.5 Å². The van der Waals surface area contributed by atoms with E-state index < -0.39 is 6.09 Å². The molecule has 0 bridgehead atoms. The van der Waals surface area contributed by atoms with E-state index >= 15 is 0 Å². The first-order valence-corrected chi connectivity index (χ1v) is 9.63. The molecule has 2 heterocycles.